The summed E-state index contributed by atoms with van der Waals surface area (Å²) in [6.45, 7) is 7.88. The van der Waals surface area contributed by atoms with Crippen molar-refractivity contribution in [3.8, 4) is 5.75 Å². The summed E-state index contributed by atoms with van der Waals surface area (Å²) in [5, 5.41) is 5.09. The van der Waals surface area contributed by atoms with Gasteiger partial charge in [0.2, 0.25) is 0 Å². The van der Waals surface area contributed by atoms with Crippen molar-refractivity contribution < 1.29 is 18.3 Å². The molecule has 0 aliphatic carbocycles. The Kier molecular flexibility index (Phi) is 5.95. The zero-order valence-electron chi connectivity index (χ0n) is 16.2. The summed E-state index contributed by atoms with van der Waals surface area (Å²) < 4.78 is 40.3. The lowest BCUT2D eigenvalue weighted by molar-refractivity contribution is 0.0813. The minimum Gasteiger partial charge on any atom is -0.483 e. The first kappa shape index (κ1) is 20.2. The highest BCUT2D eigenvalue weighted by atomic mass is 28.3. The Labute approximate surface area is 163 Å². The molecule has 9 heteroatoms. The van der Waals surface area contributed by atoms with Crippen LogP contribution >= 0.6 is 0 Å². The first-order chi connectivity index (χ1) is 13.2. The van der Waals surface area contributed by atoms with Gasteiger partial charge in [-0.25, -0.2) is 18.4 Å². The van der Waals surface area contributed by atoms with Crippen LogP contribution in [0.25, 0.3) is 11.0 Å². The average molecular weight is 407 g/mol. The number of rotatable bonds is 8. The molecule has 0 aliphatic heterocycles. The highest BCUT2D eigenvalue weighted by Crippen LogP contribution is 2.27. The third-order valence-electron chi connectivity index (χ3n) is 4.20. The van der Waals surface area contributed by atoms with Gasteiger partial charge in [-0.05, 0) is 24.2 Å². The average Bonchev–Trinajstić information content (AvgIpc) is 3.03. The van der Waals surface area contributed by atoms with E-state index in [0.717, 1.165) is 23.6 Å². The molecular formula is C19H24F2N4O2Si. The summed E-state index contributed by atoms with van der Waals surface area (Å²) in [4.78, 5) is 4.38. The molecular weight excluding hydrogens is 382 g/mol. The number of fused-ring (bicyclic) bond motifs is 1. The van der Waals surface area contributed by atoms with Gasteiger partial charge in [-0.3, -0.25) is 0 Å². The topological polar surface area (TPSA) is 75.2 Å². The molecule has 0 aliphatic rings. The van der Waals surface area contributed by atoms with E-state index in [1.54, 1.807) is 17.1 Å². The van der Waals surface area contributed by atoms with Gasteiger partial charge in [0, 0.05) is 31.8 Å². The second kappa shape index (κ2) is 8.23. The Morgan fingerprint density at radius 2 is 1.96 bits per heavy atom. The summed E-state index contributed by atoms with van der Waals surface area (Å²) in [5.41, 5.74) is 6.63. The molecule has 0 spiro atoms. The summed E-state index contributed by atoms with van der Waals surface area (Å²) >= 11 is 0. The van der Waals surface area contributed by atoms with Crippen LogP contribution in [0.5, 0.6) is 5.75 Å². The van der Waals surface area contributed by atoms with Crippen LogP contribution in [0.15, 0.2) is 30.6 Å². The van der Waals surface area contributed by atoms with Crippen LogP contribution < -0.4 is 10.5 Å². The number of hydrogen-bond donors (Lipinski definition) is 1. The van der Waals surface area contributed by atoms with E-state index >= 15 is 0 Å². The second-order valence-corrected chi connectivity index (χ2v) is 13.4. The molecule has 0 saturated carbocycles. The lowest BCUT2D eigenvalue weighted by atomic mass is 10.2. The first-order valence-corrected chi connectivity index (χ1v) is 12.7. The standard InChI is InChI=1S/C19H24F2N4O2Si/c1-28(2,3)7-6-26-12-25-19-14(10-24-25)8-13(9-23-19)11-27-18-15(20)4-5-16(22)17(18)21/h4-5,8-10H,6-7,11-12,22H2,1-3H3. The molecule has 2 aromatic heterocycles. The Bertz CT molecular complexity index is 972. The molecule has 0 unspecified atom stereocenters. The normalized spacial score (nSPS) is 11.9. The Morgan fingerprint density at radius 1 is 1.18 bits per heavy atom. The number of aromatic nitrogens is 3. The molecule has 0 radical (unpaired) electrons. The zero-order valence-corrected chi connectivity index (χ0v) is 17.2. The fourth-order valence-electron chi connectivity index (χ4n) is 2.56. The van der Waals surface area contributed by atoms with E-state index in [2.05, 4.69) is 29.7 Å². The number of nitrogens with zero attached hydrogens (tertiary/aromatic N) is 3. The van der Waals surface area contributed by atoms with Crippen LogP contribution in [0.2, 0.25) is 25.7 Å². The summed E-state index contributed by atoms with van der Waals surface area (Å²) in [6.07, 6.45) is 3.26. The van der Waals surface area contributed by atoms with Gasteiger partial charge in [-0.1, -0.05) is 19.6 Å². The number of nitrogen functional groups attached to an aromatic ring is 1. The molecule has 28 heavy (non-hydrogen) atoms. The molecule has 0 fully saturated rings. The van der Waals surface area contributed by atoms with Crippen LogP contribution in [-0.4, -0.2) is 29.4 Å². The molecule has 3 aromatic rings. The molecule has 1 aromatic carbocycles. The minimum absolute atomic E-state index is 0.0435. The number of nitrogens with two attached hydrogens (primary N) is 1. The maximum atomic E-state index is 13.9. The molecule has 0 saturated heterocycles. The van der Waals surface area contributed by atoms with Crippen molar-refractivity contribution in [1.82, 2.24) is 14.8 Å². The van der Waals surface area contributed by atoms with E-state index in [0.29, 0.717) is 24.5 Å². The summed E-state index contributed by atoms with van der Waals surface area (Å²) in [5.74, 6) is -2.20. The third-order valence-corrected chi connectivity index (χ3v) is 5.91. The molecule has 2 N–H and O–H groups in total. The predicted molar refractivity (Wildman–Crippen MR) is 107 cm³/mol. The van der Waals surface area contributed by atoms with E-state index in [1.165, 1.54) is 0 Å². The van der Waals surface area contributed by atoms with Crippen LogP contribution in [-0.2, 0) is 18.1 Å². The number of benzene rings is 1. The smallest absolute Gasteiger partial charge is 0.193 e. The van der Waals surface area contributed by atoms with Gasteiger partial charge in [0.15, 0.2) is 23.0 Å². The van der Waals surface area contributed by atoms with E-state index < -0.39 is 25.5 Å². The van der Waals surface area contributed by atoms with E-state index in [9.17, 15) is 8.78 Å². The van der Waals surface area contributed by atoms with Gasteiger partial charge < -0.3 is 15.2 Å². The van der Waals surface area contributed by atoms with Crippen molar-refractivity contribution in [2.24, 2.45) is 0 Å². The van der Waals surface area contributed by atoms with Gasteiger partial charge in [-0.2, -0.15) is 5.10 Å². The van der Waals surface area contributed by atoms with Crippen molar-refractivity contribution in [2.75, 3.05) is 12.3 Å². The maximum absolute atomic E-state index is 13.9. The van der Waals surface area contributed by atoms with Crippen molar-refractivity contribution >= 4 is 24.8 Å². The van der Waals surface area contributed by atoms with Gasteiger partial charge in [0.25, 0.3) is 0 Å². The van der Waals surface area contributed by atoms with Gasteiger partial charge >= 0.3 is 0 Å². The van der Waals surface area contributed by atoms with Crippen LogP contribution in [0.4, 0.5) is 14.5 Å². The van der Waals surface area contributed by atoms with Crippen molar-refractivity contribution in [2.45, 2.75) is 39.0 Å². The quantitative estimate of drug-likeness (QED) is 0.345. The molecule has 2 heterocycles. The van der Waals surface area contributed by atoms with Crippen molar-refractivity contribution in [1.29, 1.82) is 0 Å². The summed E-state index contributed by atoms with van der Waals surface area (Å²) in [6, 6.07) is 5.13. The number of hydrogen-bond acceptors (Lipinski definition) is 5. The number of halogens is 2. The third kappa shape index (κ3) is 4.85. The number of pyridine rings is 1. The molecule has 3 rings (SSSR count). The molecule has 6 nitrogen and oxygen atoms in total. The van der Waals surface area contributed by atoms with E-state index in [-0.39, 0.29) is 12.3 Å². The van der Waals surface area contributed by atoms with E-state index in [4.69, 9.17) is 15.2 Å². The largest absolute Gasteiger partial charge is 0.483 e. The minimum atomic E-state index is -1.13. The van der Waals surface area contributed by atoms with Crippen molar-refractivity contribution in [3.63, 3.8) is 0 Å². The zero-order chi connectivity index (χ0) is 20.3. The fourth-order valence-corrected chi connectivity index (χ4v) is 3.31. The maximum Gasteiger partial charge on any atom is 0.193 e. The number of anilines is 1. The highest BCUT2D eigenvalue weighted by molar-refractivity contribution is 6.76. The fraction of sp³-hybridized carbons (Fsp3) is 0.368. The van der Waals surface area contributed by atoms with Crippen LogP contribution in [0.1, 0.15) is 5.56 Å². The van der Waals surface area contributed by atoms with Gasteiger partial charge in [0.1, 0.15) is 13.3 Å². The Morgan fingerprint density at radius 3 is 2.71 bits per heavy atom. The van der Waals surface area contributed by atoms with Crippen LogP contribution in [0, 0.1) is 11.6 Å². The lowest BCUT2D eigenvalue weighted by Crippen LogP contribution is -2.22. The van der Waals surface area contributed by atoms with E-state index in [1.807, 2.05) is 6.07 Å². The Balaban J connectivity index is 1.65. The molecule has 0 bridgehead atoms. The van der Waals surface area contributed by atoms with Gasteiger partial charge in [0.05, 0.1) is 11.9 Å². The lowest BCUT2D eigenvalue weighted by Gasteiger charge is -2.15. The van der Waals surface area contributed by atoms with Crippen LogP contribution in [0.3, 0.4) is 0 Å². The molecule has 0 amide bonds. The predicted octanol–water partition coefficient (Wildman–Crippen LogP) is 4.18. The first-order valence-electron chi connectivity index (χ1n) is 8.99. The molecule has 0 atom stereocenters. The monoisotopic (exact) mass is 406 g/mol. The summed E-state index contributed by atoms with van der Waals surface area (Å²) in [7, 11) is -1.13. The highest BCUT2D eigenvalue weighted by Gasteiger charge is 2.15. The van der Waals surface area contributed by atoms with Crippen molar-refractivity contribution in [3.05, 3.63) is 47.8 Å². The molecule has 150 valence electrons. The van der Waals surface area contributed by atoms with Gasteiger partial charge in [-0.15, -0.1) is 0 Å². The second-order valence-electron chi connectivity index (χ2n) is 7.82. The SMILES string of the molecule is C[Si](C)(C)CCOCn1ncc2cc(COc3c(F)ccc(N)c3F)cnc21. The number of ether oxygens (including phenoxy) is 2. The Hall–Kier alpha value is -2.52.